The summed E-state index contributed by atoms with van der Waals surface area (Å²) in [5.41, 5.74) is 6.00. The summed E-state index contributed by atoms with van der Waals surface area (Å²) in [6, 6.07) is 10.6. The van der Waals surface area contributed by atoms with Gasteiger partial charge in [0, 0.05) is 36.0 Å². The number of aromatic nitrogens is 1. The number of ether oxygens (including phenoxy) is 4. The van der Waals surface area contributed by atoms with E-state index in [0.29, 0.717) is 51.5 Å². The first-order chi connectivity index (χ1) is 15.3. The zero-order valence-electron chi connectivity index (χ0n) is 17.8. The molecule has 7 heteroatoms. The largest absolute Gasteiger partial charge is 0.478 e. The van der Waals surface area contributed by atoms with Gasteiger partial charge in [0.2, 0.25) is 11.8 Å². The molecule has 1 aromatic carbocycles. The van der Waals surface area contributed by atoms with Crippen molar-refractivity contribution in [1.29, 1.82) is 0 Å². The summed E-state index contributed by atoms with van der Waals surface area (Å²) in [4.78, 5) is 11.3. The van der Waals surface area contributed by atoms with Gasteiger partial charge in [-0.1, -0.05) is 18.2 Å². The van der Waals surface area contributed by atoms with Crippen LogP contribution in [0.25, 0.3) is 16.8 Å². The fraction of sp³-hybridized carbons (Fsp3) is 0.417. The van der Waals surface area contributed by atoms with Gasteiger partial charge >= 0.3 is 0 Å². The molecular formula is C24H27N3O4. The van der Waals surface area contributed by atoms with Crippen molar-refractivity contribution in [3.05, 3.63) is 53.7 Å². The predicted molar refractivity (Wildman–Crippen MR) is 118 cm³/mol. The number of benzene rings is 1. The maximum atomic E-state index is 5.93. The monoisotopic (exact) mass is 421 g/mol. The van der Waals surface area contributed by atoms with E-state index in [1.54, 1.807) is 0 Å². The maximum Gasteiger partial charge on any atom is 0.213 e. The van der Waals surface area contributed by atoms with E-state index in [-0.39, 0.29) is 6.10 Å². The van der Waals surface area contributed by atoms with E-state index >= 15 is 0 Å². The predicted octanol–water partition coefficient (Wildman–Crippen LogP) is 3.15. The molecule has 3 aliphatic heterocycles. The molecule has 4 heterocycles. The highest BCUT2D eigenvalue weighted by Gasteiger charge is 2.25. The molecule has 5 rings (SSSR count). The van der Waals surface area contributed by atoms with Crippen LogP contribution in [-0.4, -0.2) is 68.1 Å². The van der Waals surface area contributed by atoms with Crippen LogP contribution in [0.15, 0.2) is 47.6 Å². The molecule has 7 nitrogen and oxygen atoms in total. The molecule has 0 saturated carbocycles. The van der Waals surface area contributed by atoms with Crippen molar-refractivity contribution in [1.82, 2.24) is 9.88 Å². The van der Waals surface area contributed by atoms with Crippen LogP contribution in [0, 0.1) is 0 Å². The summed E-state index contributed by atoms with van der Waals surface area (Å²) in [5.74, 6) is 1.32. The molecule has 0 spiro atoms. The first kappa shape index (κ1) is 20.0. The van der Waals surface area contributed by atoms with Crippen LogP contribution in [0.3, 0.4) is 0 Å². The number of fused-ring (bicyclic) bond motifs is 3. The van der Waals surface area contributed by atoms with Crippen LogP contribution in [0.5, 0.6) is 5.88 Å². The Balaban J connectivity index is 1.33. The van der Waals surface area contributed by atoms with Gasteiger partial charge in [-0.25, -0.2) is 9.98 Å². The standard InChI is InChI=1S/C24H27N3O4/c1-2-29-23-6-4-19(13-25-23)17-3-5-21-18(11-17)7-8-27-16-26-24(12-22(21)27)31-15-20-14-28-9-10-30-20/h3-6,11-13,20H,2,7-10,14-16H2,1H3. The zero-order chi connectivity index (χ0) is 21.0. The van der Waals surface area contributed by atoms with Crippen molar-refractivity contribution in [3.63, 3.8) is 0 Å². The number of hydrogen-bond donors (Lipinski definition) is 0. The average molecular weight is 421 g/mol. The minimum Gasteiger partial charge on any atom is -0.478 e. The highest BCUT2D eigenvalue weighted by molar-refractivity contribution is 5.97. The van der Waals surface area contributed by atoms with E-state index in [9.17, 15) is 0 Å². The lowest BCUT2D eigenvalue weighted by Gasteiger charge is -2.34. The Hall–Kier alpha value is -2.90. The molecule has 1 aromatic heterocycles. The van der Waals surface area contributed by atoms with E-state index in [1.165, 1.54) is 22.4 Å². The molecule has 1 atom stereocenters. The van der Waals surface area contributed by atoms with Crippen LogP contribution in [0.2, 0.25) is 0 Å². The molecule has 1 fully saturated rings. The lowest BCUT2D eigenvalue weighted by atomic mass is 9.92. The second-order valence-electron chi connectivity index (χ2n) is 7.75. The summed E-state index contributed by atoms with van der Waals surface area (Å²) < 4.78 is 22.5. The van der Waals surface area contributed by atoms with Gasteiger partial charge in [-0.05, 0) is 30.5 Å². The summed E-state index contributed by atoms with van der Waals surface area (Å²) in [6.45, 7) is 6.44. The van der Waals surface area contributed by atoms with Crippen LogP contribution in [0.1, 0.15) is 18.1 Å². The Morgan fingerprint density at radius 2 is 2.06 bits per heavy atom. The molecule has 0 N–H and O–H groups in total. The molecule has 31 heavy (non-hydrogen) atoms. The fourth-order valence-corrected chi connectivity index (χ4v) is 4.09. The smallest absolute Gasteiger partial charge is 0.213 e. The first-order valence-electron chi connectivity index (χ1n) is 10.9. The molecule has 0 amide bonds. The van der Waals surface area contributed by atoms with Crippen molar-refractivity contribution in [2.75, 3.05) is 46.2 Å². The minimum absolute atomic E-state index is 0.0307. The fourth-order valence-electron chi connectivity index (χ4n) is 4.09. The molecule has 162 valence electrons. The van der Waals surface area contributed by atoms with Crippen molar-refractivity contribution in [2.45, 2.75) is 19.4 Å². The number of nitrogens with zero attached hydrogens (tertiary/aromatic N) is 3. The Kier molecular flexibility index (Phi) is 5.86. The Bertz CT molecular complexity index is 981. The zero-order valence-corrected chi connectivity index (χ0v) is 17.8. The van der Waals surface area contributed by atoms with E-state index < -0.39 is 0 Å². The van der Waals surface area contributed by atoms with Crippen LogP contribution < -0.4 is 4.74 Å². The van der Waals surface area contributed by atoms with Crippen LogP contribution in [0.4, 0.5) is 0 Å². The molecule has 3 aliphatic rings. The van der Waals surface area contributed by atoms with Crippen molar-refractivity contribution < 1.29 is 18.9 Å². The van der Waals surface area contributed by atoms with Gasteiger partial charge in [0.25, 0.3) is 0 Å². The average Bonchev–Trinajstić information content (AvgIpc) is 2.83. The third kappa shape index (κ3) is 4.43. The van der Waals surface area contributed by atoms with Crippen molar-refractivity contribution >= 4 is 11.6 Å². The lowest BCUT2D eigenvalue weighted by molar-refractivity contribution is -0.103. The Labute approximate surface area is 182 Å². The minimum atomic E-state index is -0.0307. The van der Waals surface area contributed by atoms with Crippen molar-refractivity contribution in [2.24, 2.45) is 4.99 Å². The summed E-state index contributed by atoms with van der Waals surface area (Å²) in [7, 11) is 0. The lowest BCUT2D eigenvalue weighted by Crippen LogP contribution is -2.35. The normalized spacial score (nSPS) is 20.3. The van der Waals surface area contributed by atoms with Gasteiger partial charge in [0.1, 0.15) is 19.4 Å². The van der Waals surface area contributed by atoms with Gasteiger partial charge in [-0.15, -0.1) is 0 Å². The highest BCUT2D eigenvalue weighted by Crippen LogP contribution is 2.33. The quantitative estimate of drug-likeness (QED) is 0.739. The van der Waals surface area contributed by atoms with Gasteiger partial charge in [-0.2, -0.15) is 0 Å². The molecule has 1 unspecified atom stereocenters. The van der Waals surface area contributed by atoms with Crippen molar-refractivity contribution in [3.8, 4) is 17.0 Å². The van der Waals surface area contributed by atoms with Gasteiger partial charge < -0.3 is 23.8 Å². The summed E-state index contributed by atoms with van der Waals surface area (Å²) in [5, 5.41) is 0. The van der Waals surface area contributed by atoms with Crippen LogP contribution >= 0.6 is 0 Å². The van der Waals surface area contributed by atoms with E-state index in [2.05, 4.69) is 39.1 Å². The van der Waals surface area contributed by atoms with Gasteiger partial charge in [-0.3, -0.25) is 0 Å². The van der Waals surface area contributed by atoms with Gasteiger partial charge in [0.15, 0.2) is 0 Å². The molecule has 0 bridgehead atoms. The Morgan fingerprint density at radius 1 is 1.13 bits per heavy atom. The van der Waals surface area contributed by atoms with Gasteiger partial charge in [0.05, 0.1) is 32.1 Å². The SMILES string of the molecule is CCOc1ccc(-c2ccc3c(c2)CCN2CN=C(OCC4COCCO4)C=C32)cn1. The van der Waals surface area contributed by atoms with Crippen LogP contribution in [-0.2, 0) is 20.6 Å². The topological polar surface area (TPSA) is 65.4 Å². The molecule has 0 radical (unpaired) electrons. The third-order valence-electron chi connectivity index (χ3n) is 5.69. The third-order valence-corrected chi connectivity index (χ3v) is 5.69. The number of aliphatic imine (C=N–C) groups is 1. The van der Waals surface area contributed by atoms with E-state index in [0.717, 1.165) is 18.5 Å². The molecule has 1 saturated heterocycles. The maximum absolute atomic E-state index is 5.93. The highest BCUT2D eigenvalue weighted by atomic mass is 16.6. The summed E-state index contributed by atoms with van der Waals surface area (Å²) >= 11 is 0. The Morgan fingerprint density at radius 3 is 2.87 bits per heavy atom. The summed E-state index contributed by atoms with van der Waals surface area (Å²) in [6.07, 6.45) is 4.88. The second kappa shape index (κ2) is 9.08. The molecule has 0 aliphatic carbocycles. The number of pyridine rings is 1. The van der Waals surface area contributed by atoms with E-state index in [4.69, 9.17) is 18.9 Å². The number of rotatable bonds is 5. The second-order valence-corrected chi connectivity index (χ2v) is 7.75. The van der Waals surface area contributed by atoms with E-state index in [1.807, 2.05) is 25.3 Å². The molecule has 2 aromatic rings. The number of hydrogen-bond acceptors (Lipinski definition) is 7. The first-order valence-corrected chi connectivity index (χ1v) is 10.9. The molecular weight excluding hydrogens is 394 g/mol.